The molecule has 0 heterocycles. The Bertz CT molecular complexity index is 415. The van der Waals surface area contributed by atoms with E-state index in [0.717, 1.165) is 5.56 Å². The summed E-state index contributed by atoms with van der Waals surface area (Å²) >= 11 is 0. The first-order valence-corrected chi connectivity index (χ1v) is 5.09. The number of rotatable bonds is 4. The van der Waals surface area contributed by atoms with Crippen LogP contribution in [0, 0.1) is 11.3 Å². The number of esters is 1. The van der Waals surface area contributed by atoms with Crippen LogP contribution in [0.15, 0.2) is 36.4 Å². The van der Waals surface area contributed by atoms with E-state index in [1.54, 1.807) is 13.0 Å². The molecule has 1 aromatic carbocycles. The van der Waals surface area contributed by atoms with E-state index in [2.05, 4.69) is 6.07 Å². The zero-order valence-corrected chi connectivity index (χ0v) is 9.14. The van der Waals surface area contributed by atoms with Crippen molar-refractivity contribution in [2.24, 2.45) is 0 Å². The van der Waals surface area contributed by atoms with Crippen molar-refractivity contribution in [2.45, 2.75) is 13.3 Å². The van der Waals surface area contributed by atoms with Crippen LogP contribution in [0.3, 0.4) is 0 Å². The van der Waals surface area contributed by atoms with E-state index in [1.165, 1.54) is 0 Å². The molecule has 0 aliphatic heterocycles. The molecule has 0 fully saturated rings. The number of ether oxygens (including phenoxy) is 1. The molecule has 0 spiro atoms. The van der Waals surface area contributed by atoms with Crippen LogP contribution in [-0.2, 0) is 9.53 Å². The van der Waals surface area contributed by atoms with Gasteiger partial charge in [0.1, 0.15) is 0 Å². The van der Waals surface area contributed by atoms with Crippen molar-refractivity contribution in [1.29, 1.82) is 5.26 Å². The molecule has 1 rings (SSSR count). The van der Waals surface area contributed by atoms with Crippen LogP contribution in [-0.4, -0.2) is 12.6 Å². The summed E-state index contributed by atoms with van der Waals surface area (Å²) in [4.78, 5) is 11.1. The fraction of sp³-hybridized carbons (Fsp3) is 0.231. The van der Waals surface area contributed by atoms with E-state index in [9.17, 15) is 4.79 Å². The van der Waals surface area contributed by atoms with Crippen molar-refractivity contribution < 1.29 is 9.53 Å². The topological polar surface area (TPSA) is 50.1 Å². The summed E-state index contributed by atoms with van der Waals surface area (Å²) in [5.74, 6) is -0.314. The van der Waals surface area contributed by atoms with Gasteiger partial charge in [0.15, 0.2) is 0 Å². The minimum absolute atomic E-state index is 0.131. The van der Waals surface area contributed by atoms with Crippen LogP contribution < -0.4 is 0 Å². The highest BCUT2D eigenvalue weighted by molar-refractivity contribution is 5.81. The van der Waals surface area contributed by atoms with Gasteiger partial charge in [-0.3, -0.25) is 4.79 Å². The van der Waals surface area contributed by atoms with Crippen LogP contribution in [0.4, 0.5) is 0 Å². The lowest BCUT2D eigenvalue weighted by Gasteiger charge is -1.99. The molecule has 3 heteroatoms. The molecule has 16 heavy (non-hydrogen) atoms. The van der Waals surface area contributed by atoms with Gasteiger partial charge in [0.2, 0.25) is 0 Å². The number of hydrogen-bond donors (Lipinski definition) is 0. The molecule has 0 aliphatic carbocycles. The Labute approximate surface area is 95.0 Å². The molecule has 0 aromatic heterocycles. The van der Waals surface area contributed by atoms with Crippen LogP contribution >= 0.6 is 0 Å². The molecule has 0 radical (unpaired) electrons. The number of benzene rings is 1. The Balaban J connectivity index is 2.73. The lowest BCUT2D eigenvalue weighted by atomic mass is 10.1. The Hall–Kier alpha value is -2.08. The summed E-state index contributed by atoms with van der Waals surface area (Å²) in [6.45, 7) is 2.11. The highest BCUT2D eigenvalue weighted by Gasteiger charge is 2.02. The van der Waals surface area contributed by atoms with Crippen molar-refractivity contribution in [2.75, 3.05) is 6.61 Å². The quantitative estimate of drug-likeness (QED) is 0.573. The molecule has 0 unspecified atom stereocenters. The van der Waals surface area contributed by atoms with Gasteiger partial charge >= 0.3 is 5.97 Å². The van der Waals surface area contributed by atoms with E-state index >= 15 is 0 Å². The molecule has 0 atom stereocenters. The summed E-state index contributed by atoms with van der Waals surface area (Å²) in [5, 5.41) is 8.95. The lowest BCUT2D eigenvalue weighted by Crippen LogP contribution is -2.01. The van der Waals surface area contributed by atoms with Gasteiger partial charge in [-0.15, -0.1) is 0 Å². The first-order valence-electron chi connectivity index (χ1n) is 5.09. The van der Waals surface area contributed by atoms with Gasteiger partial charge < -0.3 is 4.74 Å². The lowest BCUT2D eigenvalue weighted by molar-refractivity contribution is -0.142. The molecule has 0 aliphatic rings. The van der Waals surface area contributed by atoms with Crippen molar-refractivity contribution in [3.8, 4) is 6.07 Å². The zero-order valence-electron chi connectivity index (χ0n) is 9.14. The maximum atomic E-state index is 11.1. The summed E-state index contributed by atoms with van der Waals surface area (Å²) in [7, 11) is 0. The van der Waals surface area contributed by atoms with Crippen molar-refractivity contribution in [1.82, 2.24) is 0 Å². The Morgan fingerprint density at radius 2 is 2.12 bits per heavy atom. The molecular formula is C13H13NO2. The number of allylic oxidation sites excluding steroid dienone is 1. The zero-order chi connectivity index (χ0) is 11.8. The molecule has 0 saturated heterocycles. The molecule has 0 amide bonds. The van der Waals surface area contributed by atoms with Crippen LogP contribution in [0.5, 0.6) is 0 Å². The first kappa shape index (κ1) is 12.0. The van der Waals surface area contributed by atoms with E-state index in [0.29, 0.717) is 12.2 Å². The molecular weight excluding hydrogens is 202 g/mol. The third kappa shape index (κ3) is 3.58. The number of nitrogens with zero attached hydrogens (tertiary/aromatic N) is 1. The normalized spacial score (nSPS) is 10.6. The summed E-state index contributed by atoms with van der Waals surface area (Å²) in [6.07, 6.45) is 1.72. The minimum Gasteiger partial charge on any atom is -0.466 e. The smallest absolute Gasteiger partial charge is 0.309 e. The van der Waals surface area contributed by atoms with E-state index in [4.69, 9.17) is 10.00 Å². The highest BCUT2D eigenvalue weighted by Crippen LogP contribution is 2.13. The monoisotopic (exact) mass is 215 g/mol. The second-order valence-corrected chi connectivity index (χ2v) is 3.10. The van der Waals surface area contributed by atoms with Crippen LogP contribution in [0.25, 0.3) is 5.57 Å². The van der Waals surface area contributed by atoms with E-state index < -0.39 is 0 Å². The van der Waals surface area contributed by atoms with Gasteiger partial charge in [-0.05, 0) is 12.5 Å². The van der Waals surface area contributed by atoms with Gasteiger partial charge in [-0.2, -0.15) is 5.26 Å². The molecule has 82 valence electrons. The summed E-state index contributed by atoms with van der Waals surface area (Å²) < 4.78 is 4.78. The SMILES string of the molecule is CCOC(=O)C/C=C(\C#N)c1ccccc1. The number of nitriles is 1. The Kier molecular flexibility index (Phi) is 4.81. The van der Waals surface area contributed by atoms with Gasteiger partial charge in [0, 0.05) is 0 Å². The summed E-state index contributed by atoms with van der Waals surface area (Å²) in [5.41, 5.74) is 1.31. The minimum atomic E-state index is -0.314. The molecule has 0 bridgehead atoms. The fourth-order valence-electron chi connectivity index (χ4n) is 1.25. The standard InChI is InChI=1S/C13H13NO2/c1-2-16-13(15)9-8-12(10-14)11-6-4-3-5-7-11/h3-8H,2,9H2,1H3/b12-8+. The second-order valence-electron chi connectivity index (χ2n) is 3.10. The third-order valence-corrected chi connectivity index (χ3v) is 1.98. The van der Waals surface area contributed by atoms with Crippen molar-refractivity contribution >= 4 is 11.5 Å². The van der Waals surface area contributed by atoms with Gasteiger partial charge in [0.05, 0.1) is 24.7 Å². The van der Waals surface area contributed by atoms with Crippen molar-refractivity contribution in [3.05, 3.63) is 42.0 Å². The summed E-state index contributed by atoms with van der Waals surface area (Å²) in [6, 6.07) is 11.3. The molecule has 3 nitrogen and oxygen atoms in total. The van der Waals surface area contributed by atoms with E-state index in [-0.39, 0.29) is 12.4 Å². The van der Waals surface area contributed by atoms with Crippen molar-refractivity contribution in [3.63, 3.8) is 0 Å². The maximum Gasteiger partial charge on any atom is 0.309 e. The molecule has 0 N–H and O–H groups in total. The predicted molar refractivity (Wildman–Crippen MR) is 61.3 cm³/mol. The first-order chi connectivity index (χ1) is 7.77. The van der Waals surface area contributed by atoms with Gasteiger partial charge in [-0.25, -0.2) is 0 Å². The number of carbonyl (C=O) groups is 1. The highest BCUT2D eigenvalue weighted by atomic mass is 16.5. The average molecular weight is 215 g/mol. The van der Waals surface area contributed by atoms with Crippen LogP contribution in [0.1, 0.15) is 18.9 Å². The van der Waals surface area contributed by atoms with Crippen LogP contribution in [0.2, 0.25) is 0 Å². The second kappa shape index (κ2) is 6.41. The number of carbonyl (C=O) groups excluding carboxylic acids is 1. The molecule has 0 saturated carbocycles. The van der Waals surface area contributed by atoms with Gasteiger partial charge in [0.25, 0.3) is 0 Å². The largest absolute Gasteiger partial charge is 0.466 e. The fourth-order valence-corrected chi connectivity index (χ4v) is 1.25. The maximum absolute atomic E-state index is 11.1. The number of hydrogen-bond acceptors (Lipinski definition) is 3. The predicted octanol–water partition coefficient (Wildman–Crippen LogP) is 2.55. The third-order valence-electron chi connectivity index (χ3n) is 1.98. The van der Waals surface area contributed by atoms with Gasteiger partial charge in [-0.1, -0.05) is 36.4 Å². The molecule has 1 aromatic rings. The average Bonchev–Trinajstić information content (AvgIpc) is 2.31. The Morgan fingerprint density at radius 1 is 1.44 bits per heavy atom. The Morgan fingerprint density at radius 3 is 2.69 bits per heavy atom. The van der Waals surface area contributed by atoms with E-state index in [1.807, 2.05) is 30.3 Å².